The number of sulfone groups is 1. The van der Waals surface area contributed by atoms with Crippen LogP contribution in [0, 0.1) is 0 Å². The Morgan fingerprint density at radius 2 is 2.20 bits per heavy atom. The summed E-state index contributed by atoms with van der Waals surface area (Å²) in [6.45, 7) is 4.12. The number of hydrogen-bond donors (Lipinski definition) is 1. The van der Waals surface area contributed by atoms with E-state index in [2.05, 4.69) is 16.4 Å². The molecule has 1 heterocycles. The van der Waals surface area contributed by atoms with Crippen LogP contribution in [0.5, 0.6) is 0 Å². The second kappa shape index (κ2) is 8.16. The minimum Gasteiger partial charge on any atom is -0.351 e. The first kappa shape index (κ1) is 16.8. The summed E-state index contributed by atoms with van der Waals surface area (Å²) in [7, 11) is -3.33. The molecule has 0 radical (unpaired) electrons. The standard InChI is InChI=1S/C13H20N2O3S2/c1-3-5-6-7-8-9-14-12(16)11-10-15-13(19-11)20(17,18)4-2/h3,5,10H,4,6-9H2,1-2H3,(H,14,16)/b5-3+. The van der Waals surface area contributed by atoms with Gasteiger partial charge in [-0.15, -0.1) is 0 Å². The van der Waals surface area contributed by atoms with Gasteiger partial charge in [0.05, 0.1) is 11.9 Å². The molecule has 0 bridgehead atoms. The summed E-state index contributed by atoms with van der Waals surface area (Å²) in [6.07, 6.45) is 8.34. The van der Waals surface area contributed by atoms with Gasteiger partial charge in [-0.2, -0.15) is 0 Å². The van der Waals surface area contributed by atoms with Crippen molar-refractivity contribution in [1.82, 2.24) is 10.3 Å². The molecule has 1 amide bonds. The molecule has 0 fully saturated rings. The van der Waals surface area contributed by atoms with Gasteiger partial charge in [0.15, 0.2) is 0 Å². The Morgan fingerprint density at radius 3 is 2.85 bits per heavy atom. The van der Waals surface area contributed by atoms with Crippen molar-refractivity contribution in [3.05, 3.63) is 23.2 Å². The van der Waals surface area contributed by atoms with Crippen molar-refractivity contribution in [3.8, 4) is 0 Å². The van der Waals surface area contributed by atoms with Gasteiger partial charge in [-0.05, 0) is 26.2 Å². The monoisotopic (exact) mass is 316 g/mol. The number of unbranched alkanes of at least 4 members (excludes halogenated alkanes) is 2. The van der Waals surface area contributed by atoms with Crippen LogP contribution in [0.25, 0.3) is 0 Å². The second-order valence-electron chi connectivity index (χ2n) is 4.21. The zero-order chi connectivity index (χ0) is 15.0. The zero-order valence-electron chi connectivity index (χ0n) is 11.8. The molecule has 0 aliphatic rings. The van der Waals surface area contributed by atoms with Gasteiger partial charge in [-0.3, -0.25) is 4.79 Å². The Morgan fingerprint density at radius 1 is 1.45 bits per heavy atom. The Balaban J connectivity index is 2.45. The van der Waals surface area contributed by atoms with E-state index in [9.17, 15) is 13.2 Å². The lowest BCUT2D eigenvalue weighted by atomic mass is 10.2. The van der Waals surface area contributed by atoms with Crippen molar-refractivity contribution in [2.24, 2.45) is 0 Å². The molecule has 1 aromatic rings. The van der Waals surface area contributed by atoms with E-state index in [1.54, 1.807) is 6.92 Å². The summed E-state index contributed by atoms with van der Waals surface area (Å²) < 4.78 is 23.2. The summed E-state index contributed by atoms with van der Waals surface area (Å²) in [6, 6.07) is 0. The quantitative estimate of drug-likeness (QED) is 0.590. The molecule has 0 aliphatic carbocycles. The first-order valence-electron chi connectivity index (χ1n) is 6.59. The predicted molar refractivity (Wildman–Crippen MR) is 80.8 cm³/mol. The number of carbonyl (C=O) groups excluding carboxylic acids is 1. The first-order valence-corrected chi connectivity index (χ1v) is 9.06. The highest BCUT2D eigenvalue weighted by molar-refractivity contribution is 7.93. The molecule has 7 heteroatoms. The van der Waals surface area contributed by atoms with E-state index in [1.165, 1.54) is 6.20 Å². The molecule has 0 unspecified atom stereocenters. The van der Waals surface area contributed by atoms with Crippen LogP contribution >= 0.6 is 11.3 Å². The maximum absolute atomic E-state index is 11.8. The van der Waals surface area contributed by atoms with Crippen LogP contribution in [0.3, 0.4) is 0 Å². The molecule has 0 atom stereocenters. The summed E-state index contributed by atoms with van der Waals surface area (Å²) in [5.41, 5.74) is 0. The number of allylic oxidation sites excluding steroid dienone is 2. The molecule has 0 aliphatic heterocycles. The lowest BCUT2D eigenvalue weighted by molar-refractivity contribution is 0.0957. The van der Waals surface area contributed by atoms with Crippen molar-refractivity contribution < 1.29 is 13.2 Å². The van der Waals surface area contributed by atoms with Gasteiger partial charge < -0.3 is 5.32 Å². The van der Waals surface area contributed by atoms with Crippen LogP contribution in [-0.2, 0) is 9.84 Å². The number of hydrogen-bond acceptors (Lipinski definition) is 5. The Kier molecular flexibility index (Phi) is 6.87. The van der Waals surface area contributed by atoms with Crippen LogP contribution < -0.4 is 5.32 Å². The molecular weight excluding hydrogens is 296 g/mol. The average molecular weight is 316 g/mol. The molecule has 1 rings (SSSR count). The van der Waals surface area contributed by atoms with Crippen molar-refractivity contribution >= 4 is 27.1 Å². The van der Waals surface area contributed by atoms with E-state index in [0.717, 1.165) is 30.6 Å². The summed E-state index contributed by atoms with van der Waals surface area (Å²) in [4.78, 5) is 16.0. The molecule has 5 nitrogen and oxygen atoms in total. The second-order valence-corrected chi connectivity index (χ2v) is 7.70. The topological polar surface area (TPSA) is 76.1 Å². The third-order valence-electron chi connectivity index (χ3n) is 2.67. The Labute approximate surface area is 124 Å². The Bertz CT molecular complexity index is 562. The molecule has 112 valence electrons. The molecule has 0 aromatic carbocycles. The van der Waals surface area contributed by atoms with E-state index in [0.29, 0.717) is 11.4 Å². The van der Waals surface area contributed by atoms with Gasteiger partial charge in [-0.25, -0.2) is 13.4 Å². The van der Waals surface area contributed by atoms with Crippen molar-refractivity contribution in [2.75, 3.05) is 12.3 Å². The van der Waals surface area contributed by atoms with Gasteiger partial charge in [-0.1, -0.05) is 30.4 Å². The maximum Gasteiger partial charge on any atom is 0.263 e. The minimum atomic E-state index is -3.33. The van der Waals surface area contributed by atoms with Crippen LogP contribution in [-0.4, -0.2) is 31.6 Å². The molecular formula is C13H20N2O3S2. The predicted octanol–water partition coefficient (Wildman–Crippen LogP) is 2.41. The number of thiazole rings is 1. The Hall–Kier alpha value is -1.21. The number of carbonyl (C=O) groups is 1. The van der Waals surface area contributed by atoms with Crippen molar-refractivity contribution in [1.29, 1.82) is 0 Å². The zero-order valence-corrected chi connectivity index (χ0v) is 13.4. The lowest BCUT2D eigenvalue weighted by Gasteiger charge is -2.01. The van der Waals surface area contributed by atoms with Crippen molar-refractivity contribution in [2.45, 2.75) is 37.4 Å². The molecule has 20 heavy (non-hydrogen) atoms. The molecule has 1 aromatic heterocycles. The number of aromatic nitrogens is 1. The van der Waals surface area contributed by atoms with Gasteiger partial charge in [0, 0.05) is 6.54 Å². The van der Waals surface area contributed by atoms with Gasteiger partial charge in [0.25, 0.3) is 5.91 Å². The van der Waals surface area contributed by atoms with E-state index >= 15 is 0 Å². The average Bonchev–Trinajstić information content (AvgIpc) is 2.93. The van der Waals surface area contributed by atoms with E-state index < -0.39 is 9.84 Å². The third kappa shape index (κ3) is 5.05. The summed E-state index contributed by atoms with van der Waals surface area (Å²) in [5, 5.41) is 2.77. The fraction of sp³-hybridized carbons (Fsp3) is 0.538. The molecule has 0 saturated heterocycles. The highest BCUT2D eigenvalue weighted by Crippen LogP contribution is 2.19. The van der Waals surface area contributed by atoms with E-state index in [1.807, 2.05) is 13.0 Å². The third-order valence-corrected chi connectivity index (χ3v) is 5.87. The molecule has 1 N–H and O–H groups in total. The van der Waals surface area contributed by atoms with Gasteiger partial charge in [0.1, 0.15) is 4.88 Å². The van der Waals surface area contributed by atoms with Crippen LogP contribution in [0.1, 0.15) is 42.8 Å². The number of nitrogens with one attached hydrogen (secondary N) is 1. The summed E-state index contributed by atoms with van der Waals surface area (Å²) in [5.74, 6) is -0.266. The summed E-state index contributed by atoms with van der Waals surface area (Å²) >= 11 is 0.922. The lowest BCUT2D eigenvalue weighted by Crippen LogP contribution is -2.23. The SMILES string of the molecule is C/C=C/CCCCNC(=O)c1cnc(S(=O)(=O)CC)s1. The fourth-order valence-corrected chi connectivity index (χ4v) is 3.63. The minimum absolute atomic E-state index is 0.00742. The van der Waals surface area contributed by atoms with Crippen molar-refractivity contribution in [3.63, 3.8) is 0 Å². The van der Waals surface area contributed by atoms with E-state index in [4.69, 9.17) is 0 Å². The maximum atomic E-state index is 11.8. The van der Waals surface area contributed by atoms with Crippen LogP contribution in [0.15, 0.2) is 22.7 Å². The highest BCUT2D eigenvalue weighted by Gasteiger charge is 2.18. The molecule has 0 saturated carbocycles. The first-order chi connectivity index (χ1) is 9.51. The largest absolute Gasteiger partial charge is 0.351 e. The fourth-order valence-electron chi connectivity index (χ4n) is 1.47. The van der Waals surface area contributed by atoms with Gasteiger partial charge in [0.2, 0.25) is 14.2 Å². The van der Waals surface area contributed by atoms with Gasteiger partial charge >= 0.3 is 0 Å². The molecule has 0 spiro atoms. The number of nitrogens with zero attached hydrogens (tertiary/aromatic N) is 1. The van der Waals surface area contributed by atoms with E-state index in [-0.39, 0.29) is 16.0 Å². The number of rotatable bonds is 8. The van der Waals surface area contributed by atoms with Crippen LogP contribution in [0.4, 0.5) is 0 Å². The number of amides is 1. The normalized spacial score (nSPS) is 11.9. The highest BCUT2D eigenvalue weighted by atomic mass is 32.2. The van der Waals surface area contributed by atoms with Crippen LogP contribution in [0.2, 0.25) is 0 Å². The smallest absolute Gasteiger partial charge is 0.263 e.